The number of halogens is 3. The van der Waals surface area contributed by atoms with E-state index in [1.807, 2.05) is 0 Å². The number of likely N-dealkylation sites (N-methyl/N-ethyl adjacent to an activating group) is 1. The molecule has 1 fully saturated rings. The molecule has 126 valence electrons. The van der Waals surface area contributed by atoms with Crippen molar-refractivity contribution in [3.8, 4) is 11.5 Å². The van der Waals surface area contributed by atoms with Crippen LogP contribution >= 0.6 is 0 Å². The molecule has 0 spiro atoms. The van der Waals surface area contributed by atoms with Gasteiger partial charge in [0.25, 0.3) is 5.91 Å². The Labute approximate surface area is 131 Å². The van der Waals surface area contributed by atoms with E-state index in [1.165, 1.54) is 11.9 Å². The quantitative estimate of drug-likeness (QED) is 0.903. The SMILES string of the molecule is CN1CC(NC(=O)c2cccc3c2OCO3)CCC1C(F)(F)F. The lowest BCUT2D eigenvalue weighted by Crippen LogP contribution is -2.54. The molecule has 23 heavy (non-hydrogen) atoms. The molecule has 0 aromatic heterocycles. The molecule has 0 radical (unpaired) electrons. The minimum atomic E-state index is -4.24. The maximum Gasteiger partial charge on any atom is 0.404 e. The van der Waals surface area contributed by atoms with Crippen molar-refractivity contribution in [1.82, 2.24) is 10.2 Å². The van der Waals surface area contributed by atoms with E-state index >= 15 is 0 Å². The molecule has 0 saturated carbocycles. The average Bonchev–Trinajstić information content (AvgIpc) is 2.94. The summed E-state index contributed by atoms with van der Waals surface area (Å²) in [7, 11) is 1.42. The Kier molecular flexibility index (Phi) is 4.09. The summed E-state index contributed by atoms with van der Waals surface area (Å²) < 4.78 is 49.0. The number of carbonyl (C=O) groups is 1. The fraction of sp³-hybridized carbons (Fsp3) is 0.533. The highest BCUT2D eigenvalue weighted by Crippen LogP contribution is 2.35. The van der Waals surface area contributed by atoms with Crippen LogP contribution in [-0.2, 0) is 0 Å². The monoisotopic (exact) mass is 330 g/mol. The first-order valence-corrected chi connectivity index (χ1v) is 7.32. The molecule has 1 aromatic rings. The third-order valence-electron chi connectivity index (χ3n) is 4.18. The molecular weight excluding hydrogens is 313 g/mol. The number of benzene rings is 1. The van der Waals surface area contributed by atoms with E-state index in [0.717, 1.165) is 0 Å². The number of fused-ring (bicyclic) bond motifs is 1. The lowest BCUT2D eigenvalue weighted by atomic mass is 9.98. The fourth-order valence-corrected chi connectivity index (χ4v) is 3.05. The Morgan fingerprint density at radius 2 is 2.09 bits per heavy atom. The van der Waals surface area contributed by atoms with E-state index in [-0.39, 0.29) is 38.1 Å². The molecule has 2 aliphatic rings. The number of likely N-dealkylation sites (tertiary alicyclic amines) is 1. The highest BCUT2D eigenvalue weighted by atomic mass is 19.4. The molecule has 2 atom stereocenters. The van der Waals surface area contributed by atoms with E-state index in [0.29, 0.717) is 17.1 Å². The predicted octanol–water partition coefficient (Wildman–Crippen LogP) is 2.17. The molecule has 1 saturated heterocycles. The summed E-state index contributed by atoms with van der Waals surface area (Å²) in [6, 6.07) is 3.20. The number of rotatable bonds is 2. The normalized spacial score (nSPS) is 24.5. The molecule has 2 aliphatic heterocycles. The van der Waals surface area contributed by atoms with Gasteiger partial charge in [-0.25, -0.2) is 0 Å². The number of nitrogens with zero attached hydrogens (tertiary/aromatic N) is 1. The first-order valence-electron chi connectivity index (χ1n) is 7.32. The molecular formula is C15H17F3N2O3. The summed E-state index contributed by atoms with van der Waals surface area (Å²) in [6.45, 7) is 0.210. The van der Waals surface area contributed by atoms with Gasteiger partial charge in [0.2, 0.25) is 6.79 Å². The summed E-state index contributed by atoms with van der Waals surface area (Å²) >= 11 is 0. The van der Waals surface area contributed by atoms with Crippen LogP contribution in [0.1, 0.15) is 23.2 Å². The fourth-order valence-electron chi connectivity index (χ4n) is 3.05. The number of piperidine rings is 1. The number of ether oxygens (including phenoxy) is 2. The van der Waals surface area contributed by atoms with Crippen molar-refractivity contribution < 1.29 is 27.4 Å². The van der Waals surface area contributed by atoms with Gasteiger partial charge in [-0.2, -0.15) is 13.2 Å². The molecule has 1 N–H and O–H groups in total. The topological polar surface area (TPSA) is 50.8 Å². The summed E-state index contributed by atoms with van der Waals surface area (Å²) in [5.41, 5.74) is 0.334. The molecule has 3 rings (SSSR count). The highest BCUT2D eigenvalue weighted by molar-refractivity contribution is 5.98. The lowest BCUT2D eigenvalue weighted by Gasteiger charge is -2.38. The van der Waals surface area contributed by atoms with Crippen molar-refractivity contribution in [3.05, 3.63) is 23.8 Å². The second-order valence-electron chi connectivity index (χ2n) is 5.78. The minimum Gasteiger partial charge on any atom is -0.454 e. The predicted molar refractivity (Wildman–Crippen MR) is 75.5 cm³/mol. The number of alkyl halides is 3. The van der Waals surface area contributed by atoms with Gasteiger partial charge in [0.1, 0.15) is 6.04 Å². The second-order valence-corrected chi connectivity index (χ2v) is 5.78. The number of carbonyl (C=O) groups excluding carboxylic acids is 1. The van der Waals surface area contributed by atoms with Gasteiger partial charge in [-0.3, -0.25) is 9.69 Å². The van der Waals surface area contributed by atoms with Crippen molar-refractivity contribution in [2.24, 2.45) is 0 Å². The van der Waals surface area contributed by atoms with E-state index in [2.05, 4.69) is 5.32 Å². The number of nitrogens with one attached hydrogen (secondary N) is 1. The largest absolute Gasteiger partial charge is 0.454 e. The third kappa shape index (κ3) is 3.21. The number of hydrogen-bond donors (Lipinski definition) is 1. The Morgan fingerprint density at radius 1 is 1.30 bits per heavy atom. The first kappa shape index (κ1) is 15.9. The van der Waals surface area contributed by atoms with Gasteiger partial charge < -0.3 is 14.8 Å². The number of para-hydroxylation sites is 1. The first-order chi connectivity index (χ1) is 10.9. The molecule has 0 bridgehead atoms. The Hall–Kier alpha value is -1.96. The molecule has 1 amide bonds. The zero-order chi connectivity index (χ0) is 16.6. The van der Waals surface area contributed by atoms with E-state index in [9.17, 15) is 18.0 Å². The van der Waals surface area contributed by atoms with Crippen molar-refractivity contribution in [3.63, 3.8) is 0 Å². The van der Waals surface area contributed by atoms with Gasteiger partial charge in [0, 0.05) is 12.6 Å². The van der Waals surface area contributed by atoms with Crippen molar-refractivity contribution in [1.29, 1.82) is 0 Å². The smallest absolute Gasteiger partial charge is 0.404 e. The van der Waals surface area contributed by atoms with Gasteiger partial charge in [-0.15, -0.1) is 0 Å². The molecule has 8 heteroatoms. The lowest BCUT2D eigenvalue weighted by molar-refractivity contribution is -0.188. The van der Waals surface area contributed by atoms with E-state index < -0.39 is 12.2 Å². The van der Waals surface area contributed by atoms with Crippen LogP contribution in [0.15, 0.2) is 18.2 Å². The molecule has 5 nitrogen and oxygen atoms in total. The van der Waals surface area contributed by atoms with Gasteiger partial charge in [-0.1, -0.05) is 6.07 Å². The molecule has 1 aromatic carbocycles. The Morgan fingerprint density at radius 3 is 2.78 bits per heavy atom. The van der Waals surface area contributed by atoms with Crippen LogP contribution in [0.3, 0.4) is 0 Å². The highest BCUT2D eigenvalue weighted by Gasteiger charge is 2.45. The average molecular weight is 330 g/mol. The number of hydrogen-bond acceptors (Lipinski definition) is 4. The molecule has 2 unspecified atom stereocenters. The third-order valence-corrected chi connectivity index (χ3v) is 4.18. The maximum atomic E-state index is 12.8. The van der Waals surface area contributed by atoms with Crippen LogP contribution in [0.2, 0.25) is 0 Å². The Balaban J connectivity index is 1.65. The second kappa shape index (κ2) is 5.92. The van der Waals surface area contributed by atoms with E-state index in [4.69, 9.17) is 9.47 Å². The van der Waals surface area contributed by atoms with Gasteiger partial charge in [0.15, 0.2) is 11.5 Å². The minimum absolute atomic E-state index is 0.0303. The summed E-state index contributed by atoms with van der Waals surface area (Å²) in [6.07, 6.45) is -3.99. The Bertz CT molecular complexity index is 606. The standard InChI is InChI=1S/C15H17F3N2O3/c1-20-7-9(5-6-12(20)15(16,17)18)19-14(21)10-3-2-4-11-13(10)23-8-22-11/h2-4,9,12H,5-8H2,1H3,(H,19,21). The van der Waals surface area contributed by atoms with Crippen molar-refractivity contribution in [2.45, 2.75) is 31.1 Å². The van der Waals surface area contributed by atoms with Gasteiger partial charge in [0.05, 0.1) is 5.56 Å². The van der Waals surface area contributed by atoms with Crippen LogP contribution in [-0.4, -0.2) is 49.5 Å². The summed E-state index contributed by atoms with van der Waals surface area (Å²) in [5, 5.41) is 2.78. The van der Waals surface area contributed by atoms with Gasteiger partial charge in [-0.05, 0) is 32.0 Å². The molecule has 2 heterocycles. The maximum absolute atomic E-state index is 12.8. The zero-order valence-electron chi connectivity index (χ0n) is 12.5. The van der Waals surface area contributed by atoms with Crippen LogP contribution in [0.4, 0.5) is 13.2 Å². The zero-order valence-corrected chi connectivity index (χ0v) is 12.5. The van der Waals surface area contributed by atoms with Crippen molar-refractivity contribution >= 4 is 5.91 Å². The van der Waals surface area contributed by atoms with Crippen LogP contribution < -0.4 is 14.8 Å². The molecule has 0 aliphatic carbocycles. The van der Waals surface area contributed by atoms with Crippen molar-refractivity contribution in [2.75, 3.05) is 20.4 Å². The van der Waals surface area contributed by atoms with Gasteiger partial charge >= 0.3 is 6.18 Å². The summed E-state index contributed by atoms with van der Waals surface area (Å²) in [4.78, 5) is 13.6. The summed E-state index contributed by atoms with van der Waals surface area (Å²) in [5.74, 6) is 0.508. The van der Waals surface area contributed by atoms with E-state index in [1.54, 1.807) is 18.2 Å². The van der Waals surface area contributed by atoms with Crippen LogP contribution in [0.25, 0.3) is 0 Å². The van der Waals surface area contributed by atoms with Crippen LogP contribution in [0.5, 0.6) is 11.5 Å². The number of amides is 1. The van der Waals surface area contributed by atoms with Crippen LogP contribution in [0, 0.1) is 0 Å².